The molecule has 0 aromatic heterocycles. The van der Waals surface area contributed by atoms with Crippen LogP contribution in [0, 0.1) is 6.92 Å². The van der Waals surface area contributed by atoms with Crippen molar-refractivity contribution in [3.63, 3.8) is 0 Å². The predicted molar refractivity (Wildman–Crippen MR) is 75.2 cm³/mol. The highest BCUT2D eigenvalue weighted by molar-refractivity contribution is 5.74. The Labute approximate surface area is 109 Å². The molecule has 1 fully saturated rings. The Morgan fingerprint density at radius 3 is 2.44 bits per heavy atom. The number of rotatable bonds is 2. The molecule has 98 valence electrons. The Kier molecular flexibility index (Phi) is 3.75. The number of nitrogens with one attached hydrogen (secondary N) is 1. The Balaban J connectivity index is 2.12. The second-order valence-corrected chi connectivity index (χ2v) is 4.76. The molecule has 4 nitrogen and oxygen atoms in total. The molecule has 1 amide bonds. The van der Waals surface area contributed by atoms with Crippen molar-refractivity contribution in [3.05, 3.63) is 23.8 Å². The van der Waals surface area contributed by atoms with Gasteiger partial charge in [0.25, 0.3) is 0 Å². The van der Waals surface area contributed by atoms with Gasteiger partial charge in [-0.3, -0.25) is 4.79 Å². The molecule has 1 saturated heterocycles. The van der Waals surface area contributed by atoms with Gasteiger partial charge in [0.1, 0.15) is 0 Å². The summed E-state index contributed by atoms with van der Waals surface area (Å²) in [6, 6.07) is 6.45. The van der Waals surface area contributed by atoms with E-state index in [1.54, 1.807) is 6.92 Å². The number of benzene rings is 1. The number of amides is 1. The zero-order chi connectivity index (χ0) is 13.1. The van der Waals surface area contributed by atoms with Gasteiger partial charge in [-0.15, -0.1) is 0 Å². The maximum absolute atomic E-state index is 11.3. The quantitative estimate of drug-likeness (QED) is 0.864. The number of hydrogen-bond acceptors (Lipinski definition) is 3. The van der Waals surface area contributed by atoms with Gasteiger partial charge < -0.3 is 15.1 Å². The van der Waals surface area contributed by atoms with E-state index in [0.29, 0.717) is 0 Å². The first-order valence-electron chi connectivity index (χ1n) is 6.40. The standard InChI is InChI=1S/C14H21N3O/c1-11-4-5-14(13(10-11)15-3)17-8-6-16(7-9-17)12(2)18/h4-5,10,15H,6-9H2,1-3H3. The smallest absolute Gasteiger partial charge is 0.219 e. The zero-order valence-electron chi connectivity index (χ0n) is 11.4. The summed E-state index contributed by atoms with van der Waals surface area (Å²) in [6.07, 6.45) is 0. The fourth-order valence-corrected chi connectivity index (χ4v) is 2.39. The molecule has 1 heterocycles. The highest BCUT2D eigenvalue weighted by Crippen LogP contribution is 2.27. The van der Waals surface area contributed by atoms with Crippen LogP contribution >= 0.6 is 0 Å². The molecule has 2 rings (SSSR count). The van der Waals surface area contributed by atoms with E-state index in [9.17, 15) is 4.79 Å². The van der Waals surface area contributed by atoms with Crippen molar-refractivity contribution in [1.82, 2.24) is 4.90 Å². The molecule has 0 radical (unpaired) electrons. The lowest BCUT2D eigenvalue weighted by molar-refractivity contribution is -0.129. The number of nitrogens with zero attached hydrogens (tertiary/aromatic N) is 2. The fraction of sp³-hybridized carbons (Fsp3) is 0.500. The second kappa shape index (κ2) is 5.29. The number of hydrogen-bond donors (Lipinski definition) is 1. The van der Waals surface area contributed by atoms with Crippen molar-refractivity contribution >= 4 is 17.3 Å². The van der Waals surface area contributed by atoms with Gasteiger partial charge in [-0.25, -0.2) is 0 Å². The summed E-state index contributed by atoms with van der Waals surface area (Å²) in [5.41, 5.74) is 3.64. The fourth-order valence-electron chi connectivity index (χ4n) is 2.39. The molecule has 1 N–H and O–H groups in total. The number of carbonyl (C=O) groups is 1. The highest BCUT2D eigenvalue weighted by Gasteiger charge is 2.20. The van der Waals surface area contributed by atoms with Gasteiger partial charge >= 0.3 is 0 Å². The number of carbonyl (C=O) groups excluding carboxylic acids is 1. The number of anilines is 2. The average molecular weight is 247 g/mol. The van der Waals surface area contributed by atoms with E-state index < -0.39 is 0 Å². The predicted octanol–water partition coefficient (Wildman–Crippen LogP) is 1.71. The Bertz CT molecular complexity index is 437. The van der Waals surface area contributed by atoms with Crippen LogP contribution in [-0.4, -0.2) is 44.0 Å². The third kappa shape index (κ3) is 2.58. The van der Waals surface area contributed by atoms with Crippen LogP contribution in [0.25, 0.3) is 0 Å². The van der Waals surface area contributed by atoms with Crippen LogP contribution in [0.4, 0.5) is 11.4 Å². The lowest BCUT2D eigenvalue weighted by Gasteiger charge is -2.36. The van der Waals surface area contributed by atoms with E-state index in [0.717, 1.165) is 31.9 Å². The normalized spacial score (nSPS) is 15.7. The molecule has 18 heavy (non-hydrogen) atoms. The molecule has 0 spiro atoms. The van der Waals surface area contributed by atoms with Crippen molar-refractivity contribution in [3.8, 4) is 0 Å². The number of piperazine rings is 1. The Morgan fingerprint density at radius 1 is 1.22 bits per heavy atom. The first-order valence-corrected chi connectivity index (χ1v) is 6.40. The largest absolute Gasteiger partial charge is 0.386 e. The number of aryl methyl sites for hydroxylation is 1. The molecule has 0 saturated carbocycles. The van der Waals surface area contributed by atoms with Crippen LogP contribution in [0.3, 0.4) is 0 Å². The molecular formula is C14H21N3O. The Morgan fingerprint density at radius 2 is 1.89 bits per heavy atom. The average Bonchev–Trinajstić information content (AvgIpc) is 2.38. The summed E-state index contributed by atoms with van der Waals surface area (Å²) in [5.74, 6) is 0.174. The second-order valence-electron chi connectivity index (χ2n) is 4.76. The van der Waals surface area contributed by atoms with E-state index in [1.165, 1.54) is 11.3 Å². The van der Waals surface area contributed by atoms with Crippen molar-refractivity contribution in [2.24, 2.45) is 0 Å². The molecule has 1 aliphatic rings. The summed E-state index contributed by atoms with van der Waals surface area (Å²) in [5, 5.41) is 3.25. The summed E-state index contributed by atoms with van der Waals surface area (Å²) in [6.45, 7) is 7.16. The van der Waals surface area contributed by atoms with Crippen molar-refractivity contribution in [1.29, 1.82) is 0 Å². The van der Waals surface area contributed by atoms with Gasteiger partial charge in [0.2, 0.25) is 5.91 Å². The molecular weight excluding hydrogens is 226 g/mol. The van der Waals surface area contributed by atoms with Crippen LogP contribution in [0.15, 0.2) is 18.2 Å². The minimum atomic E-state index is 0.174. The van der Waals surface area contributed by atoms with Crippen LogP contribution < -0.4 is 10.2 Å². The van der Waals surface area contributed by atoms with Gasteiger partial charge in [-0.1, -0.05) is 6.07 Å². The zero-order valence-corrected chi connectivity index (χ0v) is 11.4. The lowest BCUT2D eigenvalue weighted by atomic mass is 10.1. The van der Waals surface area contributed by atoms with Gasteiger partial charge in [0, 0.05) is 40.2 Å². The minimum absolute atomic E-state index is 0.174. The monoisotopic (exact) mass is 247 g/mol. The first kappa shape index (κ1) is 12.7. The maximum atomic E-state index is 11.3. The van der Waals surface area contributed by atoms with Gasteiger partial charge in [0.05, 0.1) is 11.4 Å². The third-order valence-corrected chi connectivity index (χ3v) is 3.49. The molecule has 0 bridgehead atoms. The van der Waals surface area contributed by atoms with E-state index in [4.69, 9.17) is 0 Å². The van der Waals surface area contributed by atoms with Gasteiger partial charge in [0.15, 0.2) is 0 Å². The summed E-state index contributed by atoms with van der Waals surface area (Å²) >= 11 is 0. The van der Waals surface area contributed by atoms with Crippen molar-refractivity contribution in [2.75, 3.05) is 43.4 Å². The van der Waals surface area contributed by atoms with E-state index in [1.807, 2.05) is 11.9 Å². The molecule has 1 aliphatic heterocycles. The van der Waals surface area contributed by atoms with E-state index >= 15 is 0 Å². The molecule has 0 unspecified atom stereocenters. The molecule has 4 heteroatoms. The molecule has 1 aromatic rings. The topological polar surface area (TPSA) is 35.6 Å². The Hall–Kier alpha value is -1.71. The lowest BCUT2D eigenvalue weighted by Crippen LogP contribution is -2.48. The first-order chi connectivity index (χ1) is 8.61. The van der Waals surface area contributed by atoms with E-state index in [2.05, 4.69) is 35.3 Å². The van der Waals surface area contributed by atoms with Crippen LogP contribution in [0.1, 0.15) is 12.5 Å². The highest BCUT2D eigenvalue weighted by atomic mass is 16.2. The SMILES string of the molecule is CNc1cc(C)ccc1N1CCN(C(C)=O)CC1. The summed E-state index contributed by atoms with van der Waals surface area (Å²) < 4.78 is 0. The van der Waals surface area contributed by atoms with E-state index in [-0.39, 0.29) is 5.91 Å². The van der Waals surface area contributed by atoms with Gasteiger partial charge in [-0.2, -0.15) is 0 Å². The maximum Gasteiger partial charge on any atom is 0.219 e. The van der Waals surface area contributed by atoms with Crippen LogP contribution in [0.2, 0.25) is 0 Å². The summed E-state index contributed by atoms with van der Waals surface area (Å²) in [4.78, 5) is 15.5. The van der Waals surface area contributed by atoms with Crippen LogP contribution in [-0.2, 0) is 4.79 Å². The van der Waals surface area contributed by atoms with Crippen molar-refractivity contribution in [2.45, 2.75) is 13.8 Å². The summed E-state index contributed by atoms with van der Waals surface area (Å²) in [7, 11) is 1.95. The van der Waals surface area contributed by atoms with Crippen molar-refractivity contribution < 1.29 is 4.79 Å². The minimum Gasteiger partial charge on any atom is -0.386 e. The van der Waals surface area contributed by atoms with Gasteiger partial charge in [-0.05, 0) is 24.6 Å². The molecule has 0 aliphatic carbocycles. The third-order valence-electron chi connectivity index (χ3n) is 3.49. The molecule has 1 aromatic carbocycles. The molecule has 0 atom stereocenters. The van der Waals surface area contributed by atoms with Crippen LogP contribution in [0.5, 0.6) is 0 Å².